The molecule has 1 atom stereocenters. The van der Waals surface area contributed by atoms with Crippen LogP contribution in [-0.2, 0) is 6.61 Å². The molecule has 1 aromatic carbocycles. The Hall–Kier alpha value is -1.58. The fourth-order valence-corrected chi connectivity index (χ4v) is 2.18. The summed E-state index contributed by atoms with van der Waals surface area (Å²) in [5, 5.41) is 3.92. The molecule has 1 aromatic heterocycles. The number of nitrogens with zero attached hydrogens (tertiary/aromatic N) is 1. The molecule has 0 spiro atoms. The van der Waals surface area contributed by atoms with E-state index in [0.29, 0.717) is 11.6 Å². The molecule has 0 amide bonds. The van der Waals surface area contributed by atoms with E-state index in [1.54, 1.807) is 0 Å². The minimum absolute atomic E-state index is 0.180. The van der Waals surface area contributed by atoms with Crippen molar-refractivity contribution in [2.45, 2.75) is 26.5 Å². The summed E-state index contributed by atoms with van der Waals surface area (Å²) in [6, 6.07) is 7.95. The van der Waals surface area contributed by atoms with E-state index in [2.05, 4.69) is 23.3 Å². The summed E-state index contributed by atoms with van der Waals surface area (Å²) in [5.74, 6) is 0.845. The first-order valence-corrected chi connectivity index (χ1v) is 6.98. The summed E-state index contributed by atoms with van der Waals surface area (Å²) in [5.41, 5.74) is 3.25. The van der Waals surface area contributed by atoms with Gasteiger partial charge >= 0.3 is 0 Å². The van der Waals surface area contributed by atoms with E-state index < -0.39 is 0 Å². The number of benzene rings is 1. The predicted molar refractivity (Wildman–Crippen MR) is 82.2 cm³/mol. The second-order valence-electron chi connectivity index (χ2n) is 4.85. The molecule has 3 nitrogen and oxygen atoms in total. The molecule has 0 aliphatic carbocycles. The van der Waals surface area contributed by atoms with Crippen molar-refractivity contribution < 1.29 is 4.74 Å². The number of aromatic nitrogens is 1. The fraction of sp³-hybridized carbons (Fsp3) is 0.312. The van der Waals surface area contributed by atoms with Gasteiger partial charge in [0, 0.05) is 34.6 Å². The Labute approximate surface area is 124 Å². The Morgan fingerprint density at radius 3 is 2.80 bits per heavy atom. The van der Waals surface area contributed by atoms with Crippen LogP contribution in [0.5, 0.6) is 5.75 Å². The van der Waals surface area contributed by atoms with Crippen LogP contribution >= 0.6 is 11.6 Å². The molecule has 1 heterocycles. The summed E-state index contributed by atoms with van der Waals surface area (Å²) in [7, 11) is 1.92. The molecule has 0 bridgehead atoms. The highest BCUT2D eigenvalue weighted by molar-refractivity contribution is 6.30. The standard InChI is InChI=1S/C16H19ClN2O/c1-11-6-13(9-19-8-11)10-20-16-5-4-14(17)7-15(16)12(2)18-3/h4-9,12,18H,10H2,1-3H3. The van der Waals surface area contributed by atoms with Crippen LogP contribution in [-0.4, -0.2) is 12.0 Å². The SMILES string of the molecule is CNC(C)c1cc(Cl)ccc1OCc1cncc(C)c1. The summed E-state index contributed by atoms with van der Waals surface area (Å²) in [6.07, 6.45) is 3.66. The van der Waals surface area contributed by atoms with Crippen LogP contribution < -0.4 is 10.1 Å². The average molecular weight is 291 g/mol. The van der Waals surface area contributed by atoms with Crippen molar-refractivity contribution in [1.29, 1.82) is 0 Å². The van der Waals surface area contributed by atoms with Crippen molar-refractivity contribution in [2.24, 2.45) is 0 Å². The molecule has 1 N–H and O–H groups in total. The first-order valence-electron chi connectivity index (χ1n) is 6.60. The maximum atomic E-state index is 6.06. The van der Waals surface area contributed by atoms with Crippen LogP contribution in [0.25, 0.3) is 0 Å². The largest absolute Gasteiger partial charge is 0.489 e. The Morgan fingerprint density at radius 2 is 2.10 bits per heavy atom. The molecule has 2 rings (SSSR count). The average Bonchev–Trinajstić information content (AvgIpc) is 2.45. The van der Waals surface area contributed by atoms with Gasteiger partial charge in [-0.3, -0.25) is 4.98 Å². The third-order valence-corrected chi connectivity index (χ3v) is 3.43. The van der Waals surface area contributed by atoms with Gasteiger partial charge in [-0.1, -0.05) is 11.6 Å². The zero-order chi connectivity index (χ0) is 14.5. The fourth-order valence-electron chi connectivity index (χ4n) is 2.00. The quantitative estimate of drug-likeness (QED) is 0.907. The first-order chi connectivity index (χ1) is 9.60. The molecule has 4 heteroatoms. The van der Waals surface area contributed by atoms with Crippen LogP contribution in [0.15, 0.2) is 36.7 Å². The molecule has 0 aliphatic rings. The van der Waals surface area contributed by atoms with Crippen LogP contribution in [0.3, 0.4) is 0 Å². The zero-order valence-electron chi connectivity index (χ0n) is 12.0. The van der Waals surface area contributed by atoms with E-state index in [1.807, 2.05) is 44.6 Å². The van der Waals surface area contributed by atoms with Crippen molar-refractivity contribution >= 4 is 11.6 Å². The molecule has 20 heavy (non-hydrogen) atoms. The first kappa shape index (κ1) is 14.8. The second kappa shape index (κ2) is 6.73. The highest BCUT2D eigenvalue weighted by Gasteiger charge is 2.11. The van der Waals surface area contributed by atoms with Crippen molar-refractivity contribution in [3.63, 3.8) is 0 Å². The molecule has 2 aromatic rings. The van der Waals surface area contributed by atoms with Crippen molar-refractivity contribution in [3.8, 4) is 5.75 Å². The third-order valence-electron chi connectivity index (χ3n) is 3.20. The minimum Gasteiger partial charge on any atom is -0.489 e. The number of ether oxygens (including phenoxy) is 1. The highest BCUT2D eigenvalue weighted by Crippen LogP contribution is 2.28. The van der Waals surface area contributed by atoms with Gasteiger partial charge < -0.3 is 10.1 Å². The molecule has 0 saturated heterocycles. The van der Waals surface area contributed by atoms with Crippen molar-refractivity contribution in [1.82, 2.24) is 10.3 Å². The number of pyridine rings is 1. The third kappa shape index (κ3) is 3.71. The maximum Gasteiger partial charge on any atom is 0.124 e. The van der Waals surface area contributed by atoms with Gasteiger partial charge in [-0.2, -0.15) is 0 Å². The molecular formula is C16H19ClN2O. The van der Waals surface area contributed by atoms with Crippen LogP contribution in [0, 0.1) is 6.92 Å². The van der Waals surface area contributed by atoms with Gasteiger partial charge in [0.1, 0.15) is 12.4 Å². The number of aryl methyl sites for hydroxylation is 1. The van der Waals surface area contributed by atoms with Gasteiger partial charge in [0.2, 0.25) is 0 Å². The Bertz CT molecular complexity index is 586. The highest BCUT2D eigenvalue weighted by atomic mass is 35.5. The zero-order valence-corrected chi connectivity index (χ0v) is 12.7. The lowest BCUT2D eigenvalue weighted by Gasteiger charge is -2.17. The van der Waals surface area contributed by atoms with Crippen LogP contribution in [0.2, 0.25) is 5.02 Å². The Balaban J connectivity index is 2.16. The van der Waals surface area contributed by atoms with E-state index in [1.165, 1.54) is 0 Å². The van der Waals surface area contributed by atoms with Gasteiger partial charge in [-0.25, -0.2) is 0 Å². The molecular weight excluding hydrogens is 272 g/mol. The number of hydrogen-bond donors (Lipinski definition) is 1. The van der Waals surface area contributed by atoms with Gasteiger partial charge in [0.25, 0.3) is 0 Å². The van der Waals surface area contributed by atoms with Crippen molar-refractivity contribution in [2.75, 3.05) is 7.05 Å². The summed E-state index contributed by atoms with van der Waals surface area (Å²) < 4.78 is 5.92. The van der Waals surface area contributed by atoms with E-state index >= 15 is 0 Å². The van der Waals surface area contributed by atoms with E-state index in [0.717, 1.165) is 22.4 Å². The lowest BCUT2D eigenvalue weighted by atomic mass is 10.1. The number of nitrogens with one attached hydrogen (secondary N) is 1. The molecule has 106 valence electrons. The summed E-state index contributed by atoms with van der Waals surface area (Å²) in [6.45, 7) is 4.60. The number of halogens is 1. The molecule has 0 radical (unpaired) electrons. The molecule has 0 saturated carbocycles. The number of hydrogen-bond acceptors (Lipinski definition) is 3. The van der Waals surface area contributed by atoms with Gasteiger partial charge in [0.05, 0.1) is 0 Å². The molecule has 1 unspecified atom stereocenters. The Kier molecular flexibility index (Phi) is 4.99. The topological polar surface area (TPSA) is 34.1 Å². The van der Waals surface area contributed by atoms with Gasteiger partial charge in [0.15, 0.2) is 0 Å². The Morgan fingerprint density at radius 1 is 1.30 bits per heavy atom. The normalized spacial score (nSPS) is 12.2. The second-order valence-corrected chi connectivity index (χ2v) is 5.29. The maximum absolute atomic E-state index is 6.06. The van der Waals surface area contributed by atoms with Crippen molar-refractivity contribution in [3.05, 3.63) is 58.4 Å². The smallest absolute Gasteiger partial charge is 0.124 e. The van der Waals surface area contributed by atoms with E-state index in [-0.39, 0.29) is 6.04 Å². The van der Waals surface area contributed by atoms with Gasteiger partial charge in [-0.05, 0) is 50.7 Å². The predicted octanol–water partition coefficient (Wildman–Crippen LogP) is 3.90. The van der Waals surface area contributed by atoms with Crippen LogP contribution in [0.4, 0.5) is 0 Å². The number of rotatable bonds is 5. The minimum atomic E-state index is 0.180. The summed E-state index contributed by atoms with van der Waals surface area (Å²) >= 11 is 6.06. The van der Waals surface area contributed by atoms with Crippen LogP contribution in [0.1, 0.15) is 29.7 Å². The lowest BCUT2D eigenvalue weighted by molar-refractivity contribution is 0.300. The molecule has 0 fully saturated rings. The van der Waals surface area contributed by atoms with E-state index in [4.69, 9.17) is 16.3 Å². The summed E-state index contributed by atoms with van der Waals surface area (Å²) in [4.78, 5) is 4.17. The lowest BCUT2D eigenvalue weighted by Crippen LogP contribution is -2.13. The monoisotopic (exact) mass is 290 g/mol. The molecule has 0 aliphatic heterocycles. The van der Waals surface area contributed by atoms with E-state index in [9.17, 15) is 0 Å². The van der Waals surface area contributed by atoms with Gasteiger partial charge in [-0.15, -0.1) is 0 Å².